The van der Waals surface area contributed by atoms with Gasteiger partial charge in [0.25, 0.3) is 5.91 Å². The lowest BCUT2D eigenvalue weighted by atomic mass is 10.2. The predicted octanol–water partition coefficient (Wildman–Crippen LogP) is 0.444. The zero-order chi connectivity index (χ0) is 23.1. The second kappa shape index (κ2) is 10.4. The molecule has 10 heteroatoms. The van der Waals surface area contributed by atoms with E-state index in [1.54, 1.807) is 53.4 Å². The van der Waals surface area contributed by atoms with E-state index >= 15 is 0 Å². The Labute approximate surface area is 185 Å². The van der Waals surface area contributed by atoms with Gasteiger partial charge in [-0.1, -0.05) is 0 Å². The summed E-state index contributed by atoms with van der Waals surface area (Å²) in [7, 11) is 0. The molecule has 0 bridgehead atoms. The van der Waals surface area contributed by atoms with E-state index in [0.29, 0.717) is 48.7 Å². The molecule has 0 radical (unpaired) electrons. The topological polar surface area (TPSA) is 157 Å². The zero-order valence-corrected chi connectivity index (χ0v) is 17.6. The van der Waals surface area contributed by atoms with Gasteiger partial charge in [0.05, 0.1) is 17.8 Å². The number of nitrogens with zero attached hydrogens (tertiary/aromatic N) is 3. The molecule has 2 aromatic rings. The van der Waals surface area contributed by atoms with Gasteiger partial charge in [0.15, 0.2) is 5.96 Å². The lowest BCUT2D eigenvalue weighted by Gasteiger charge is -2.21. The van der Waals surface area contributed by atoms with Crippen molar-refractivity contribution in [3.05, 3.63) is 59.7 Å². The largest absolute Gasteiger partial charge is 0.423 e. The highest BCUT2D eigenvalue weighted by Crippen LogP contribution is 2.18. The minimum absolute atomic E-state index is 0.0712. The molecule has 0 saturated carbocycles. The van der Waals surface area contributed by atoms with Gasteiger partial charge < -0.3 is 26.8 Å². The maximum Gasteiger partial charge on any atom is 0.343 e. The van der Waals surface area contributed by atoms with Gasteiger partial charge in [-0.2, -0.15) is 0 Å². The summed E-state index contributed by atoms with van der Waals surface area (Å²) in [5, 5.41) is 0. The number of guanidine groups is 1. The first-order valence-electron chi connectivity index (χ1n) is 10.1. The van der Waals surface area contributed by atoms with E-state index in [4.69, 9.17) is 21.9 Å². The van der Waals surface area contributed by atoms with E-state index < -0.39 is 5.97 Å². The molecule has 32 heavy (non-hydrogen) atoms. The van der Waals surface area contributed by atoms with Crippen molar-refractivity contribution >= 4 is 29.4 Å². The van der Waals surface area contributed by atoms with Crippen LogP contribution in [0.1, 0.15) is 27.1 Å². The monoisotopic (exact) mass is 438 g/mol. The molecule has 10 nitrogen and oxygen atoms in total. The number of aliphatic imine (C=N–C) groups is 1. The fraction of sp³-hybridized carbons (Fsp3) is 0.273. The second-order valence-electron chi connectivity index (χ2n) is 7.39. The van der Waals surface area contributed by atoms with Crippen LogP contribution < -0.4 is 21.9 Å². The van der Waals surface area contributed by atoms with E-state index in [2.05, 4.69) is 4.99 Å². The van der Waals surface area contributed by atoms with Crippen LogP contribution in [0.2, 0.25) is 0 Å². The van der Waals surface area contributed by atoms with Gasteiger partial charge in [0.1, 0.15) is 5.75 Å². The van der Waals surface area contributed by atoms with Crippen molar-refractivity contribution in [2.24, 2.45) is 22.2 Å². The first kappa shape index (κ1) is 22.8. The molecular weight excluding hydrogens is 412 g/mol. The summed E-state index contributed by atoms with van der Waals surface area (Å²) in [6.45, 7) is 2.61. The molecule has 0 unspecified atom stereocenters. The summed E-state index contributed by atoms with van der Waals surface area (Å²) in [4.78, 5) is 43.9. The van der Waals surface area contributed by atoms with Gasteiger partial charge >= 0.3 is 5.97 Å². The van der Waals surface area contributed by atoms with Gasteiger partial charge in [-0.15, -0.1) is 0 Å². The van der Waals surface area contributed by atoms with Gasteiger partial charge in [0.2, 0.25) is 5.91 Å². The Morgan fingerprint density at radius 3 is 2.12 bits per heavy atom. The molecule has 1 saturated heterocycles. The highest BCUT2D eigenvalue weighted by atomic mass is 16.5. The molecule has 2 aromatic carbocycles. The first-order valence-corrected chi connectivity index (χ1v) is 10.1. The Balaban J connectivity index is 1.58. The fourth-order valence-electron chi connectivity index (χ4n) is 3.39. The Bertz CT molecular complexity index is 1000. The SMILES string of the molecule is NC(=O)CN1CCCN(C(=O)c2ccc(OC(=O)c3ccc(N=C(N)N)cc3)cc2)CC1. The third-order valence-corrected chi connectivity index (χ3v) is 4.93. The van der Waals surface area contributed by atoms with E-state index in [0.717, 1.165) is 6.42 Å². The van der Waals surface area contributed by atoms with Crippen molar-refractivity contribution in [1.82, 2.24) is 9.80 Å². The summed E-state index contributed by atoms with van der Waals surface area (Å²) >= 11 is 0. The van der Waals surface area contributed by atoms with Gasteiger partial charge in [-0.25, -0.2) is 9.79 Å². The number of esters is 1. The van der Waals surface area contributed by atoms with Crippen LogP contribution in [-0.2, 0) is 4.79 Å². The quantitative estimate of drug-likeness (QED) is 0.256. The molecule has 0 spiro atoms. The third kappa shape index (κ3) is 6.29. The summed E-state index contributed by atoms with van der Waals surface area (Å²) in [5.74, 6) is -0.775. The normalized spacial score (nSPS) is 14.3. The molecule has 6 N–H and O–H groups in total. The smallest absolute Gasteiger partial charge is 0.343 e. The van der Waals surface area contributed by atoms with E-state index in [9.17, 15) is 14.4 Å². The van der Waals surface area contributed by atoms with E-state index in [-0.39, 0.29) is 24.3 Å². The molecule has 0 atom stereocenters. The average molecular weight is 438 g/mol. The minimum atomic E-state index is -0.539. The number of benzene rings is 2. The van der Waals surface area contributed by atoms with Gasteiger partial charge in [-0.3, -0.25) is 14.5 Å². The van der Waals surface area contributed by atoms with Crippen molar-refractivity contribution in [1.29, 1.82) is 0 Å². The zero-order valence-electron chi connectivity index (χ0n) is 17.6. The molecule has 2 amide bonds. The minimum Gasteiger partial charge on any atom is -0.423 e. The van der Waals surface area contributed by atoms with Gasteiger partial charge in [-0.05, 0) is 55.0 Å². The van der Waals surface area contributed by atoms with Crippen molar-refractivity contribution in [3.63, 3.8) is 0 Å². The van der Waals surface area contributed by atoms with Gasteiger partial charge in [0, 0.05) is 31.7 Å². The van der Waals surface area contributed by atoms with Crippen LogP contribution in [0.4, 0.5) is 5.69 Å². The predicted molar refractivity (Wildman–Crippen MR) is 119 cm³/mol. The Morgan fingerprint density at radius 2 is 1.50 bits per heavy atom. The standard InChI is InChI=1S/C22H26N6O4/c23-19(29)14-27-10-1-11-28(13-12-27)20(30)15-4-8-18(9-5-15)32-21(31)16-2-6-17(7-3-16)26-22(24)25/h2-9H,1,10-14H2,(H2,23,29)(H4,24,25,26). The van der Waals surface area contributed by atoms with Crippen LogP contribution in [0.5, 0.6) is 5.75 Å². The number of ether oxygens (including phenoxy) is 1. The van der Waals surface area contributed by atoms with Crippen molar-refractivity contribution in [3.8, 4) is 5.75 Å². The maximum absolute atomic E-state index is 12.8. The molecule has 3 rings (SSSR count). The highest BCUT2D eigenvalue weighted by Gasteiger charge is 2.21. The molecule has 1 heterocycles. The first-order chi connectivity index (χ1) is 15.3. The molecule has 1 aliphatic heterocycles. The van der Waals surface area contributed by atoms with Crippen molar-refractivity contribution in [2.45, 2.75) is 6.42 Å². The number of amides is 2. The summed E-state index contributed by atoms with van der Waals surface area (Å²) in [6.07, 6.45) is 0.761. The van der Waals surface area contributed by atoms with Crippen LogP contribution in [0.25, 0.3) is 0 Å². The molecule has 0 aromatic heterocycles. The summed E-state index contributed by atoms with van der Waals surface area (Å²) in [5.41, 5.74) is 17.3. The third-order valence-electron chi connectivity index (χ3n) is 4.93. The van der Waals surface area contributed by atoms with Crippen LogP contribution in [0, 0.1) is 0 Å². The molecule has 0 aliphatic carbocycles. The average Bonchev–Trinajstić information content (AvgIpc) is 2.99. The fourth-order valence-corrected chi connectivity index (χ4v) is 3.39. The van der Waals surface area contributed by atoms with Crippen molar-refractivity contribution in [2.75, 3.05) is 32.7 Å². The van der Waals surface area contributed by atoms with Crippen LogP contribution in [-0.4, -0.2) is 66.3 Å². The Kier molecular flexibility index (Phi) is 7.40. The van der Waals surface area contributed by atoms with Crippen molar-refractivity contribution < 1.29 is 19.1 Å². The second-order valence-corrected chi connectivity index (χ2v) is 7.39. The number of hydrogen-bond donors (Lipinski definition) is 3. The summed E-state index contributed by atoms with van der Waals surface area (Å²) < 4.78 is 5.37. The molecular formula is C22H26N6O4. The number of nitrogens with two attached hydrogens (primary N) is 3. The highest BCUT2D eigenvalue weighted by molar-refractivity contribution is 5.95. The number of rotatable bonds is 6. The molecule has 1 aliphatic rings. The molecule has 168 valence electrons. The van der Waals surface area contributed by atoms with Crippen LogP contribution in [0.3, 0.4) is 0 Å². The number of carbonyl (C=O) groups excluding carboxylic acids is 3. The number of hydrogen-bond acceptors (Lipinski definition) is 6. The lowest BCUT2D eigenvalue weighted by molar-refractivity contribution is -0.119. The number of primary amides is 1. The lowest BCUT2D eigenvalue weighted by Crippen LogP contribution is -2.38. The molecule has 1 fully saturated rings. The maximum atomic E-state index is 12.8. The van der Waals surface area contributed by atoms with E-state index in [1.807, 2.05) is 4.90 Å². The van der Waals surface area contributed by atoms with Crippen LogP contribution >= 0.6 is 0 Å². The Morgan fingerprint density at radius 1 is 0.844 bits per heavy atom. The number of carbonyl (C=O) groups is 3. The van der Waals surface area contributed by atoms with E-state index in [1.165, 1.54) is 0 Å². The van der Waals surface area contributed by atoms with Crippen LogP contribution in [0.15, 0.2) is 53.5 Å². The summed E-state index contributed by atoms with van der Waals surface area (Å²) in [6, 6.07) is 12.7. The Hall–Kier alpha value is -3.92.